The van der Waals surface area contributed by atoms with Crippen LogP contribution in [0.5, 0.6) is 0 Å². The number of aryl methyl sites for hydroxylation is 1. The number of anilines is 2. The molecule has 0 aromatic carbocycles. The lowest BCUT2D eigenvalue weighted by atomic mass is 10.2. The highest BCUT2D eigenvalue weighted by molar-refractivity contribution is 5.73. The van der Waals surface area contributed by atoms with Crippen LogP contribution in [0.4, 0.5) is 11.6 Å². The molecule has 0 spiro atoms. The zero-order valence-corrected chi connectivity index (χ0v) is 11.7. The lowest BCUT2D eigenvalue weighted by Gasteiger charge is -2.11. The van der Waals surface area contributed by atoms with E-state index >= 15 is 0 Å². The molecule has 0 saturated heterocycles. The van der Waals surface area contributed by atoms with Gasteiger partial charge in [-0.2, -0.15) is 0 Å². The van der Waals surface area contributed by atoms with Gasteiger partial charge in [-0.25, -0.2) is 9.97 Å². The summed E-state index contributed by atoms with van der Waals surface area (Å²) in [7, 11) is 0. The number of unbranched alkanes of at least 4 members (excludes halogenated alkanes) is 1. The molecule has 0 unspecified atom stereocenters. The maximum Gasteiger partial charge on any atom is 0.217 e. The molecule has 0 aliphatic carbocycles. The van der Waals surface area contributed by atoms with Gasteiger partial charge in [-0.05, 0) is 26.2 Å². The monoisotopic (exact) mass is 265 g/mol. The molecule has 1 aromatic rings. The number of carbonyl (C=O) groups is 1. The third-order valence-corrected chi connectivity index (χ3v) is 2.85. The molecule has 1 amide bonds. The second-order valence-electron chi connectivity index (χ2n) is 4.60. The van der Waals surface area contributed by atoms with E-state index in [0.29, 0.717) is 12.2 Å². The fraction of sp³-hybridized carbons (Fsp3) is 0.615. The molecule has 1 aromatic heterocycles. The average molecular weight is 265 g/mol. The van der Waals surface area contributed by atoms with Crippen LogP contribution in [0.2, 0.25) is 0 Å². The summed E-state index contributed by atoms with van der Waals surface area (Å²) in [6.07, 6.45) is 3.88. The molecular formula is C13H23N5O. The number of amides is 1. The van der Waals surface area contributed by atoms with E-state index in [-0.39, 0.29) is 5.91 Å². The summed E-state index contributed by atoms with van der Waals surface area (Å²) in [6, 6.07) is 0. The summed E-state index contributed by atoms with van der Waals surface area (Å²) in [5, 5.41) is 3.24. The molecule has 0 fully saturated rings. The van der Waals surface area contributed by atoms with E-state index in [0.717, 1.165) is 49.4 Å². The molecule has 0 aliphatic heterocycles. The highest BCUT2D eigenvalue weighted by atomic mass is 16.1. The van der Waals surface area contributed by atoms with E-state index in [1.807, 2.05) is 6.92 Å². The van der Waals surface area contributed by atoms with Crippen LogP contribution in [-0.4, -0.2) is 22.4 Å². The number of hydrogen-bond donors (Lipinski definition) is 3. The van der Waals surface area contributed by atoms with Crippen molar-refractivity contribution in [2.45, 2.75) is 46.0 Å². The van der Waals surface area contributed by atoms with E-state index < -0.39 is 0 Å². The van der Waals surface area contributed by atoms with Crippen molar-refractivity contribution in [1.82, 2.24) is 9.97 Å². The Labute approximate surface area is 114 Å². The normalized spacial score (nSPS) is 10.4. The van der Waals surface area contributed by atoms with E-state index in [2.05, 4.69) is 22.2 Å². The molecule has 6 nitrogen and oxygen atoms in total. The molecule has 106 valence electrons. The summed E-state index contributed by atoms with van der Waals surface area (Å²) in [4.78, 5) is 19.3. The Morgan fingerprint density at radius 1 is 1.32 bits per heavy atom. The number of primary amides is 1. The van der Waals surface area contributed by atoms with Crippen molar-refractivity contribution in [2.75, 3.05) is 17.6 Å². The van der Waals surface area contributed by atoms with Crippen molar-refractivity contribution in [3.8, 4) is 0 Å². The molecule has 0 radical (unpaired) electrons. The largest absolute Gasteiger partial charge is 0.383 e. The Morgan fingerprint density at radius 3 is 2.68 bits per heavy atom. The van der Waals surface area contributed by atoms with Gasteiger partial charge in [0, 0.05) is 24.9 Å². The van der Waals surface area contributed by atoms with E-state index in [4.69, 9.17) is 11.5 Å². The van der Waals surface area contributed by atoms with Crippen molar-refractivity contribution in [2.24, 2.45) is 5.73 Å². The SMILES string of the molecule is CCCc1nc(N)c(C)c(NCCCCC(N)=O)n1. The fourth-order valence-electron chi connectivity index (χ4n) is 1.72. The lowest BCUT2D eigenvalue weighted by molar-refractivity contribution is -0.118. The number of carbonyl (C=O) groups excluding carboxylic acids is 1. The molecule has 5 N–H and O–H groups in total. The Morgan fingerprint density at radius 2 is 2.05 bits per heavy atom. The number of hydrogen-bond acceptors (Lipinski definition) is 5. The number of nitrogens with zero attached hydrogens (tertiary/aromatic N) is 2. The van der Waals surface area contributed by atoms with Gasteiger partial charge in [-0.15, -0.1) is 0 Å². The number of nitrogens with two attached hydrogens (primary N) is 2. The quantitative estimate of drug-likeness (QED) is 0.616. The van der Waals surface area contributed by atoms with Crippen LogP contribution in [0.3, 0.4) is 0 Å². The van der Waals surface area contributed by atoms with Crippen molar-refractivity contribution < 1.29 is 4.79 Å². The Balaban J connectivity index is 2.54. The molecule has 0 atom stereocenters. The first kappa shape index (κ1) is 15.2. The number of nitrogens with one attached hydrogen (secondary N) is 1. The number of aromatic nitrogens is 2. The van der Waals surface area contributed by atoms with Gasteiger partial charge in [0.2, 0.25) is 5.91 Å². The van der Waals surface area contributed by atoms with Crippen molar-refractivity contribution >= 4 is 17.5 Å². The standard InChI is InChI=1S/C13H23N5O/c1-3-6-11-17-12(15)9(2)13(18-11)16-8-5-4-7-10(14)19/h3-8H2,1-2H3,(H2,14,19)(H3,15,16,17,18). The minimum Gasteiger partial charge on any atom is -0.383 e. The van der Waals surface area contributed by atoms with Crippen LogP contribution in [0, 0.1) is 6.92 Å². The van der Waals surface area contributed by atoms with Crippen molar-refractivity contribution in [1.29, 1.82) is 0 Å². The van der Waals surface area contributed by atoms with Crippen LogP contribution in [0.15, 0.2) is 0 Å². The van der Waals surface area contributed by atoms with Gasteiger partial charge in [0.1, 0.15) is 17.5 Å². The molecule has 1 rings (SSSR count). The fourth-order valence-corrected chi connectivity index (χ4v) is 1.72. The van der Waals surface area contributed by atoms with Crippen LogP contribution in [-0.2, 0) is 11.2 Å². The average Bonchev–Trinajstić information content (AvgIpc) is 2.34. The first-order valence-electron chi connectivity index (χ1n) is 6.69. The first-order valence-corrected chi connectivity index (χ1v) is 6.69. The molecule has 0 aliphatic rings. The number of rotatable bonds is 8. The second-order valence-corrected chi connectivity index (χ2v) is 4.60. The number of nitrogen functional groups attached to an aromatic ring is 1. The van der Waals surface area contributed by atoms with Gasteiger partial charge < -0.3 is 16.8 Å². The minimum atomic E-state index is -0.257. The third kappa shape index (κ3) is 5.11. The van der Waals surface area contributed by atoms with Crippen LogP contribution >= 0.6 is 0 Å². The summed E-state index contributed by atoms with van der Waals surface area (Å²) < 4.78 is 0. The molecule has 6 heteroatoms. The summed E-state index contributed by atoms with van der Waals surface area (Å²) in [5.74, 6) is 1.83. The topological polar surface area (TPSA) is 107 Å². The Hall–Kier alpha value is -1.85. The van der Waals surface area contributed by atoms with Gasteiger partial charge in [0.25, 0.3) is 0 Å². The maximum absolute atomic E-state index is 10.6. The third-order valence-electron chi connectivity index (χ3n) is 2.85. The van der Waals surface area contributed by atoms with Gasteiger partial charge in [-0.1, -0.05) is 6.92 Å². The maximum atomic E-state index is 10.6. The van der Waals surface area contributed by atoms with E-state index in [9.17, 15) is 4.79 Å². The van der Waals surface area contributed by atoms with Gasteiger partial charge in [0.05, 0.1) is 0 Å². The predicted molar refractivity (Wildman–Crippen MR) is 76.7 cm³/mol. The van der Waals surface area contributed by atoms with Crippen LogP contribution in [0.1, 0.15) is 44.0 Å². The molecule has 0 bridgehead atoms. The van der Waals surface area contributed by atoms with Gasteiger partial charge >= 0.3 is 0 Å². The van der Waals surface area contributed by atoms with E-state index in [1.54, 1.807) is 0 Å². The highest BCUT2D eigenvalue weighted by Crippen LogP contribution is 2.17. The lowest BCUT2D eigenvalue weighted by Crippen LogP contribution is -2.12. The molecule has 1 heterocycles. The predicted octanol–water partition coefficient (Wildman–Crippen LogP) is 1.39. The van der Waals surface area contributed by atoms with Gasteiger partial charge in [0.15, 0.2) is 0 Å². The summed E-state index contributed by atoms with van der Waals surface area (Å²) >= 11 is 0. The van der Waals surface area contributed by atoms with Crippen LogP contribution < -0.4 is 16.8 Å². The highest BCUT2D eigenvalue weighted by Gasteiger charge is 2.07. The Kier molecular flexibility index (Phi) is 6.05. The smallest absolute Gasteiger partial charge is 0.217 e. The summed E-state index contributed by atoms with van der Waals surface area (Å²) in [6.45, 7) is 4.73. The first-order chi connectivity index (χ1) is 9.04. The minimum absolute atomic E-state index is 0.257. The van der Waals surface area contributed by atoms with Crippen molar-refractivity contribution in [3.05, 3.63) is 11.4 Å². The molecule has 0 saturated carbocycles. The van der Waals surface area contributed by atoms with E-state index in [1.165, 1.54) is 0 Å². The molecular weight excluding hydrogens is 242 g/mol. The van der Waals surface area contributed by atoms with Crippen LogP contribution in [0.25, 0.3) is 0 Å². The molecule has 19 heavy (non-hydrogen) atoms. The Bertz CT molecular complexity index is 433. The summed E-state index contributed by atoms with van der Waals surface area (Å²) in [5.41, 5.74) is 11.8. The van der Waals surface area contributed by atoms with Crippen molar-refractivity contribution in [3.63, 3.8) is 0 Å². The van der Waals surface area contributed by atoms with Gasteiger partial charge in [-0.3, -0.25) is 4.79 Å². The zero-order valence-electron chi connectivity index (χ0n) is 11.7. The zero-order chi connectivity index (χ0) is 14.3. The second kappa shape index (κ2) is 7.56.